The van der Waals surface area contributed by atoms with Crippen molar-refractivity contribution in [3.8, 4) is 0 Å². The lowest BCUT2D eigenvalue weighted by atomic mass is 10.1. The fourth-order valence-corrected chi connectivity index (χ4v) is 1.28. The third-order valence-corrected chi connectivity index (χ3v) is 2.09. The van der Waals surface area contributed by atoms with Gasteiger partial charge in [-0.3, -0.25) is 0 Å². The number of hydrogen-bond donors (Lipinski definition) is 1. The zero-order valence-electron chi connectivity index (χ0n) is 6.44. The van der Waals surface area contributed by atoms with E-state index in [1.54, 1.807) is 6.08 Å². The Bertz CT molecular complexity index is 99.4. The molecule has 1 nitrogen and oxygen atoms in total. The van der Waals surface area contributed by atoms with Crippen molar-refractivity contribution in [2.75, 3.05) is 0 Å². The van der Waals surface area contributed by atoms with Crippen LogP contribution in [0.5, 0.6) is 0 Å². The molecule has 0 spiro atoms. The predicted molar refractivity (Wildman–Crippen MR) is 48.2 cm³/mol. The predicted octanol–water partition coefficient (Wildman–Crippen LogP) is 2.84. The van der Waals surface area contributed by atoms with Crippen LogP contribution in [0.3, 0.4) is 0 Å². The molecule has 1 N–H and O–H groups in total. The van der Waals surface area contributed by atoms with E-state index in [0.717, 1.165) is 19.3 Å². The highest BCUT2D eigenvalue weighted by Gasteiger charge is 2.18. The molecular weight excluding hydrogens is 192 g/mol. The zero-order chi connectivity index (χ0) is 8.04. The van der Waals surface area contributed by atoms with Crippen molar-refractivity contribution in [3.63, 3.8) is 0 Å². The molecule has 0 aliphatic rings. The number of aliphatic hydroxyl groups is 1. The smallest absolute Gasteiger partial charge is 0.123 e. The molecule has 10 heavy (non-hydrogen) atoms. The average Bonchev–Trinajstić information content (AvgIpc) is 1.84. The fourth-order valence-electron chi connectivity index (χ4n) is 0.771. The Morgan fingerprint density at radius 1 is 1.70 bits per heavy atom. The average molecular weight is 207 g/mol. The summed E-state index contributed by atoms with van der Waals surface area (Å²) in [7, 11) is 0. The molecule has 0 aliphatic carbocycles. The number of unbranched alkanes of at least 4 members (excludes halogenated alkanes) is 1. The number of hydrogen-bond acceptors (Lipinski definition) is 1. The lowest BCUT2D eigenvalue weighted by Crippen LogP contribution is -2.17. The summed E-state index contributed by atoms with van der Waals surface area (Å²) in [4.78, 5) is 0. The number of alkyl halides is 1. The van der Waals surface area contributed by atoms with E-state index in [1.165, 1.54) is 0 Å². The molecule has 1 atom stereocenters. The quantitative estimate of drug-likeness (QED) is 0.542. The first-order valence-corrected chi connectivity index (χ1v) is 4.44. The van der Waals surface area contributed by atoms with E-state index in [2.05, 4.69) is 29.4 Å². The maximum atomic E-state index is 9.49. The van der Waals surface area contributed by atoms with Crippen LogP contribution in [0.1, 0.15) is 32.6 Å². The molecule has 2 heteroatoms. The summed E-state index contributed by atoms with van der Waals surface area (Å²) >= 11 is 3.23. The van der Waals surface area contributed by atoms with Crippen molar-refractivity contribution < 1.29 is 5.11 Å². The zero-order valence-corrected chi connectivity index (χ0v) is 8.02. The molecule has 60 valence electrons. The molecular formula is C8H15BrO. The van der Waals surface area contributed by atoms with Crippen LogP contribution in [0.4, 0.5) is 0 Å². The molecule has 0 bridgehead atoms. The van der Waals surface area contributed by atoms with Crippen LogP contribution in [0.25, 0.3) is 0 Å². The highest BCUT2D eigenvalue weighted by Crippen LogP contribution is 2.25. The molecule has 0 fully saturated rings. The van der Waals surface area contributed by atoms with Gasteiger partial charge in [0.05, 0.1) is 0 Å². The van der Waals surface area contributed by atoms with Crippen LogP contribution in [0.15, 0.2) is 12.7 Å². The Balaban J connectivity index is 3.51. The van der Waals surface area contributed by atoms with Gasteiger partial charge >= 0.3 is 0 Å². The molecule has 0 rings (SSSR count). The molecule has 0 saturated carbocycles. The van der Waals surface area contributed by atoms with E-state index in [4.69, 9.17) is 0 Å². The first kappa shape index (κ1) is 10.2. The maximum absolute atomic E-state index is 9.49. The van der Waals surface area contributed by atoms with E-state index >= 15 is 0 Å². The molecule has 0 aromatic carbocycles. The largest absolute Gasteiger partial charge is 0.379 e. The van der Waals surface area contributed by atoms with Gasteiger partial charge in [0.1, 0.15) is 4.51 Å². The van der Waals surface area contributed by atoms with E-state index in [9.17, 15) is 5.11 Å². The first-order valence-electron chi connectivity index (χ1n) is 3.64. The molecule has 1 unspecified atom stereocenters. The minimum atomic E-state index is -0.704. The van der Waals surface area contributed by atoms with Crippen LogP contribution in [0, 0.1) is 0 Å². The van der Waals surface area contributed by atoms with Crippen molar-refractivity contribution >= 4 is 15.9 Å². The van der Waals surface area contributed by atoms with Crippen molar-refractivity contribution in [2.45, 2.75) is 37.1 Å². The lowest BCUT2D eigenvalue weighted by molar-refractivity contribution is 0.135. The van der Waals surface area contributed by atoms with Crippen LogP contribution >= 0.6 is 15.9 Å². The van der Waals surface area contributed by atoms with E-state index in [1.807, 2.05) is 0 Å². The summed E-state index contributed by atoms with van der Waals surface area (Å²) < 4.78 is -0.704. The van der Waals surface area contributed by atoms with Gasteiger partial charge in [-0.1, -0.05) is 35.4 Å². The highest BCUT2D eigenvalue weighted by molar-refractivity contribution is 9.10. The number of rotatable bonds is 5. The van der Waals surface area contributed by atoms with Gasteiger partial charge in [0.25, 0.3) is 0 Å². The van der Waals surface area contributed by atoms with Gasteiger partial charge in [0.2, 0.25) is 0 Å². The molecule has 0 aromatic heterocycles. The third-order valence-electron chi connectivity index (χ3n) is 1.37. The first-order chi connectivity index (χ1) is 4.62. The van der Waals surface area contributed by atoms with Crippen molar-refractivity contribution in [2.24, 2.45) is 0 Å². The summed E-state index contributed by atoms with van der Waals surface area (Å²) in [5.74, 6) is 0. The second-order valence-electron chi connectivity index (χ2n) is 2.51. The summed E-state index contributed by atoms with van der Waals surface area (Å²) in [6, 6.07) is 0. The lowest BCUT2D eigenvalue weighted by Gasteiger charge is -2.18. The standard InChI is InChI=1S/C8H15BrO/c1-3-5-7-8(9,10)6-4-2/h4,10H,2-3,5-7H2,1H3. The van der Waals surface area contributed by atoms with E-state index < -0.39 is 4.51 Å². The van der Waals surface area contributed by atoms with Crippen LogP contribution < -0.4 is 0 Å². The molecule has 0 saturated heterocycles. The highest BCUT2D eigenvalue weighted by atomic mass is 79.9. The second-order valence-corrected chi connectivity index (χ2v) is 3.99. The second kappa shape index (κ2) is 4.91. The topological polar surface area (TPSA) is 20.2 Å². The van der Waals surface area contributed by atoms with Crippen LogP contribution in [-0.2, 0) is 0 Å². The Hall–Kier alpha value is 0.180. The Kier molecular flexibility index (Phi) is 5.00. The summed E-state index contributed by atoms with van der Waals surface area (Å²) in [6.45, 7) is 5.67. The molecule has 0 heterocycles. The van der Waals surface area contributed by atoms with E-state index in [-0.39, 0.29) is 0 Å². The molecule has 0 aromatic rings. The Labute approximate surface area is 71.3 Å². The molecule has 0 amide bonds. The fraction of sp³-hybridized carbons (Fsp3) is 0.750. The van der Waals surface area contributed by atoms with Crippen LogP contribution in [-0.4, -0.2) is 9.62 Å². The third kappa shape index (κ3) is 5.00. The summed E-state index contributed by atoms with van der Waals surface area (Å²) in [5.41, 5.74) is 0. The molecule has 0 aliphatic heterocycles. The van der Waals surface area contributed by atoms with Gasteiger partial charge in [0, 0.05) is 6.42 Å². The van der Waals surface area contributed by atoms with Crippen molar-refractivity contribution in [1.29, 1.82) is 0 Å². The minimum Gasteiger partial charge on any atom is -0.379 e. The van der Waals surface area contributed by atoms with Gasteiger partial charge in [-0.05, 0) is 12.8 Å². The maximum Gasteiger partial charge on any atom is 0.123 e. The molecule has 0 radical (unpaired) electrons. The monoisotopic (exact) mass is 206 g/mol. The Morgan fingerprint density at radius 2 is 2.30 bits per heavy atom. The van der Waals surface area contributed by atoms with Gasteiger partial charge in [-0.15, -0.1) is 6.58 Å². The van der Waals surface area contributed by atoms with Gasteiger partial charge in [0.15, 0.2) is 0 Å². The normalized spacial score (nSPS) is 16.3. The van der Waals surface area contributed by atoms with Gasteiger partial charge in [-0.25, -0.2) is 0 Å². The summed E-state index contributed by atoms with van der Waals surface area (Å²) in [6.07, 6.45) is 5.31. The van der Waals surface area contributed by atoms with Gasteiger partial charge < -0.3 is 5.11 Å². The SMILES string of the molecule is C=CCC(O)(Br)CCCC. The van der Waals surface area contributed by atoms with Crippen molar-refractivity contribution in [3.05, 3.63) is 12.7 Å². The van der Waals surface area contributed by atoms with Gasteiger partial charge in [-0.2, -0.15) is 0 Å². The van der Waals surface area contributed by atoms with Crippen LogP contribution in [0.2, 0.25) is 0 Å². The minimum absolute atomic E-state index is 0.618. The van der Waals surface area contributed by atoms with E-state index in [0.29, 0.717) is 6.42 Å². The Morgan fingerprint density at radius 3 is 2.70 bits per heavy atom. The summed E-state index contributed by atoms with van der Waals surface area (Å²) in [5, 5.41) is 9.49. The number of halogens is 1. The van der Waals surface area contributed by atoms with Crippen molar-refractivity contribution in [1.82, 2.24) is 0 Å².